The van der Waals surface area contributed by atoms with Gasteiger partial charge in [-0.2, -0.15) is 0 Å². The fraction of sp³-hybridized carbons (Fsp3) is 0.0400. The van der Waals surface area contributed by atoms with E-state index in [9.17, 15) is 0 Å². The summed E-state index contributed by atoms with van der Waals surface area (Å²) < 4.78 is 3.43. The molecule has 0 bridgehead atoms. The maximum absolute atomic E-state index is 5.80. The van der Waals surface area contributed by atoms with E-state index in [1.165, 1.54) is 16.0 Å². The van der Waals surface area contributed by atoms with Crippen molar-refractivity contribution in [3.05, 3.63) is 114 Å². The van der Waals surface area contributed by atoms with E-state index < -0.39 is 0 Å². The Labute approximate surface area is 230 Å². The predicted octanol–water partition coefficient (Wildman–Crippen LogP) is 3.96. The van der Waals surface area contributed by atoms with Crippen LogP contribution in [0.25, 0.3) is 16.6 Å². The van der Waals surface area contributed by atoms with E-state index in [4.69, 9.17) is 5.73 Å². The molecule has 0 spiro atoms. The van der Waals surface area contributed by atoms with Crippen LogP contribution in [-0.4, -0.2) is 0 Å². The number of nitrogen functional groups attached to an aromatic ring is 1. The maximum atomic E-state index is 5.80. The minimum atomic E-state index is 0. The summed E-state index contributed by atoms with van der Waals surface area (Å²) in [6, 6.07) is 34.7. The second-order valence-corrected chi connectivity index (χ2v) is 7.66. The van der Waals surface area contributed by atoms with Gasteiger partial charge in [-0.1, -0.05) is 66.2 Å². The molecule has 0 aliphatic heterocycles. The summed E-state index contributed by atoms with van der Waals surface area (Å²) >= 11 is 1.61. The van der Waals surface area contributed by atoms with Crippen molar-refractivity contribution in [3.8, 4) is 11.1 Å². The van der Waals surface area contributed by atoms with Crippen molar-refractivity contribution in [1.29, 1.82) is 0 Å². The quantitative estimate of drug-likeness (QED) is 0.165. The van der Waals surface area contributed by atoms with Gasteiger partial charge in [0.25, 0.3) is 0 Å². The van der Waals surface area contributed by atoms with Crippen molar-refractivity contribution in [2.75, 3.05) is 15.9 Å². The van der Waals surface area contributed by atoms with Gasteiger partial charge in [-0.15, -0.1) is 6.54 Å². The summed E-state index contributed by atoms with van der Waals surface area (Å²) in [5.41, 5.74) is 19.5. The van der Waals surface area contributed by atoms with Crippen molar-refractivity contribution in [3.63, 3.8) is 0 Å². The van der Waals surface area contributed by atoms with Crippen LogP contribution in [0.5, 0.6) is 0 Å². The Bertz CT molecular complexity index is 1090. The fourth-order valence-electron chi connectivity index (χ4n) is 3.05. The SMILES string of the molecule is Nc1cccc(C[N-]Nc2ccc(NSc3ccccc3-c3ccccc3)cc2)c1.[K+]. The average molecular weight is 451 g/mol. The second-order valence-electron chi connectivity index (χ2n) is 6.82. The van der Waals surface area contributed by atoms with E-state index in [1.54, 1.807) is 11.9 Å². The third kappa shape index (κ3) is 7.12. The van der Waals surface area contributed by atoms with Crippen molar-refractivity contribution >= 4 is 29.0 Å². The number of anilines is 3. The summed E-state index contributed by atoms with van der Waals surface area (Å²) in [4.78, 5) is 1.18. The normalized spacial score (nSPS) is 10.2. The van der Waals surface area contributed by atoms with Crippen LogP contribution in [0.1, 0.15) is 5.56 Å². The summed E-state index contributed by atoms with van der Waals surface area (Å²) in [6.07, 6.45) is 0. The number of nitrogens with zero attached hydrogens (tertiary/aromatic N) is 1. The van der Waals surface area contributed by atoms with Gasteiger partial charge < -0.3 is 21.3 Å². The number of hydrogen-bond donors (Lipinski definition) is 3. The first-order valence-corrected chi connectivity index (χ1v) is 10.5. The molecule has 4 nitrogen and oxygen atoms in total. The molecule has 4 aromatic rings. The van der Waals surface area contributed by atoms with Gasteiger partial charge >= 0.3 is 51.4 Å². The molecule has 4 rings (SSSR count). The third-order valence-electron chi connectivity index (χ3n) is 4.56. The molecule has 4 N–H and O–H groups in total. The molecule has 0 aliphatic rings. The number of nitrogens with one attached hydrogen (secondary N) is 2. The molecule has 0 aromatic heterocycles. The van der Waals surface area contributed by atoms with Crippen molar-refractivity contribution in [2.24, 2.45) is 0 Å². The minimum absolute atomic E-state index is 0. The van der Waals surface area contributed by atoms with Gasteiger partial charge in [-0.3, -0.25) is 0 Å². The van der Waals surface area contributed by atoms with Crippen LogP contribution in [0, 0.1) is 0 Å². The standard InChI is InChI=1S/C25H23N4S.K/c26-21-10-6-7-19(17-21)18-27-28-22-13-15-23(16-14-22)29-30-25-12-5-4-11-24(25)20-8-2-1-3-9-20;/h1-17,28-29H,18,26H2;/q-1;+1. The van der Waals surface area contributed by atoms with Gasteiger partial charge in [0, 0.05) is 22.0 Å². The van der Waals surface area contributed by atoms with Crippen molar-refractivity contribution in [2.45, 2.75) is 11.4 Å². The zero-order valence-electron chi connectivity index (χ0n) is 17.5. The number of nitrogens with two attached hydrogens (primary N) is 1. The molecule has 0 radical (unpaired) electrons. The van der Waals surface area contributed by atoms with E-state index in [1.807, 2.05) is 54.6 Å². The first-order chi connectivity index (χ1) is 14.8. The Morgan fingerprint density at radius 3 is 2.23 bits per heavy atom. The summed E-state index contributed by atoms with van der Waals surface area (Å²) in [7, 11) is 0. The molecule has 0 aliphatic carbocycles. The number of rotatable bonds is 8. The van der Waals surface area contributed by atoms with Gasteiger partial charge in [0.15, 0.2) is 0 Å². The molecule has 4 aromatic carbocycles. The van der Waals surface area contributed by atoms with Crippen molar-refractivity contribution in [1.82, 2.24) is 0 Å². The molecule has 6 heteroatoms. The Morgan fingerprint density at radius 1 is 0.742 bits per heavy atom. The van der Waals surface area contributed by atoms with Gasteiger partial charge in [-0.25, -0.2) is 0 Å². The molecule has 0 amide bonds. The van der Waals surface area contributed by atoms with Crippen LogP contribution in [0.2, 0.25) is 0 Å². The average Bonchev–Trinajstić information content (AvgIpc) is 2.79. The summed E-state index contributed by atoms with van der Waals surface area (Å²) in [5.74, 6) is 0. The molecule has 0 fully saturated rings. The van der Waals surface area contributed by atoms with Crippen LogP contribution in [0.15, 0.2) is 108 Å². The van der Waals surface area contributed by atoms with Gasteiger partial charge in [0.1, 0.15) is 0 Å². The summed E-state index contributed by atoms with van der Waals surface area (Å²) in [5, 5.41) is 0. The van der Waals surface area contributed by atoms with Crippen molar-refractivity contribution < 1.29 is 51.4 Å². The van der Waals surface area contributed by atoms with Crippen LogP contribution < -0.4 is 67.3 Å². The van der Waals surface area contributed by atoms with Crippen LogP contribution >= 0.6 is 11.9 Å². The minimum Gasteiger partial charge on any atom is -0.567 e. The molecule has 0 atom stereocenters. The molecule has 0 unspecified atom stereocenters. The topological polar surface area (TPSA) is 64.2 Å². The third-order valence-corrected chi connectivity index (χ3v) is 5.47. The Balaban J connectivity index is 0.00000272. The van der Waals surface area contributed by atoms with E-state index >= 15 is 0 Å². The van der Waals surface area contributed by atoms with E-state index in [2.05, 4.69) is 64.1 Å². The zero-order valence-corrected chi connectivity index (χ0v) is 21.4. The van der Waals surface area contributed by atoms with Crippen LogP contribution in [0.4, 0.5) is 17.1 Å². The molecule has 0 saturated heterocycles. The molecule has 0 saturated carbocycles. The Kier molecular flexibility index (Phi) is 9.48. The first-order valence-electron chi connectivity index (χ1n) is 9.72. The van der Waals surface area contributed by atoms with E-state index in [-0.39, 0.29) is 51.4 Å². The molecular formula is C25H23KN4S. The van der Waals surface area contributed by atoms with Gasteiger partial charge in [0.2, 0.25) is 0 Å². The number of hydrogen-bond acceptors (Lipinski definition) is 4. The van der Waals surface area contributed by atoms with Crippen LogP contribution in [-0.2, 0) is 6.54 Å². The molecule has 0 heterocycles. The largest absolute Gasteiger partial charge is 1.00 e. The smallest absolute Gasteiger partial charge is 0.567 e. The summed E-state index contributed by atoms with van der Waals surface area (Å²) in [6.45, 7) is 0.567. The molecule has 31 heavy (non-hydrogen) atoms. The molecular weight excluding hydrogens is 427 g/mol. The van der Waals surface area contributed by atoms with E-state index in [0.717, 1.165) is 22.6 Å². The van der Waals surface area contributed by atoms with Gasteiger partial charge in [0.05, 0.1) is 0 Å². The molecule has 150 valence electrons. The Hall–Kier alpha value is -1.77. The first kappa shape index (κ1) is 23.9. The second kappa shape index (κ2) is 12.3. The van der Waals surface area contributed by atoms with Crippen LogP contribution in [0.3, 0.4) is 0 Å². The number of benzene rings is 4. The van der Waals surface area contributed by atoms with E-state index in [0.29, 0.717) is 6.54 Å². The maximum Gasteiger partial charge on any atom is 1.00 e. The predicted molar refractivity (Wildman–Crippen MR) is 129 cm³/mol. The fourth-order valence-corrected chi connectivity index (χ4v) is 3.86. The monoisotopic (exact) mass is 450 g/mol. The van der Waals surface area contributed by atoms with Gasteiger partial charge in [-0.05, 0) is 65.5 Å². The Morgan fingerprint density at radius 2 is 1.45 bits per heavy atom. The zero-order chi connectivity index (χ0) is 20.6.